The van der Waals surface area contributed by atoms with Gasteiger partial charge in [-0.2, -0.15) is 0 Å². The van der Waals surface area contributed by atoms with Crippen LogP contribution in [0.1, 0.15) is 31.2 Å². The Balaban J connectivity index is 1.68. The van der Waals surface area contributed by atoms with E-state index in [4.69, 9.17) is 9.47 Å². The molecule has 1 aromatic carbocycles. The van der Waals surface area contributed by atoms with Gasteiger partial charge >= 0.3 is 0 Å². The van der Waals surface area contributed by atoms with Crippen molar-refractivity contribution in [2.75, 3.05) is 19.8 Å². The lowest BCUT2D eigenvalue weighted by Gasteiger charge is -2.41. The lowest BCUT2D eigenvalue weighted by atomic mass is 9.68. The van der Waals surface area contributed by atoms with Gasteiger partial charge in [-0.3, -0.25) is 4.79 Å². The summed E-state index contributed by atoms with van der Waals surface area (Å²) in [5.74, 6) is -0.366. The molecule has 1 spiro atoms. The molecule has 4 heteroatoms. The zero-order chi connectivity index (χ0) is 14.8. The van der Waals surface area contributed by atoms with Gasteiger partial charge < -0.3 is 14.6 Å². The first-order chi connectivity index (χ1) is 10.2. The summed E-state index contributed by atoms with van der Waals surface area (Å²) >= 11 is 0. The molecule has 0 amide bonds. The molecule has 2 fully saturated rings. The minimum Gasteiger partial charge on any atom is -0.395 e. The highest BCUT2D eigenvalue weighted by Gasteiger charge is 2.49. The summed E-state index contributed by atoms with van der Waals surface area (Å²) in [5.41, 5.74) is 0.375. The Morgan fingerprint density at radius 1 is 1.05 bits per heavy atom. The van der Waals surface area contributed by atoms with Crippen LogP contribution in [0.4, 0.5) is 0 Å². The zero-order valence-electron chi connectivity index (χ0n) is 12.2. The van der Waals surface area contributed by atoms with Crippen molar-refractivity contribution < 1.29 is 19.4 Å². The van der Waals surface area contributed by atoms with Crippen molar-refractivity contribution in [3.63, 3.8) is 0 Å². The van der Waals surface area contributed by atoms with Crippen molar-refractivity contribution >= 4 is 5.78 Å². The van der Waals surface area contributed by atoms with Gasteiger partial charge in [-0.25, -0.2) is 0 Å². The Kier molecular flexibility index (Phi) is 4.11. The molecule has 1 aromatic rings. The van der Waals surface area contributed by atoms with E-state index in [-0.39, 0.29) is 12.4 Å². The molecule has 1 N–H and O–H groups in total. The first-order valence-corrected chi connectivity index (χ1v) is 7.64. The Labute approximate surface area is 125 Å². The summed E-state index contributed by atoms with van der Waals surface area (Å²) in [5, 5.41) is 9.82. The molecule has 0 radical (unpaired) electrons. The van der Waals surface area contributed by atoms with E-state index in [1.54, 1.807) is 0 Å². The van der Waals surface area contributed by atoms with Gasteiger partial charge in [0.05, 0.1) is 25.2 Å². The summed E-state index contributed by atoms with van der Waals surface area (Å²) in [6, 6.07) is 9.72. The quantitative estimate of drug-likeness (QED) is 0.922. The van der Waals surface area contributed by atoms with E-state index in [0.717, 1.165) is 5.56 Å². The summed E-state index contributed by atoms with van der Waals surface area (Å²) in [7, 11) is 0. The maximum absolute atomic E-state index is 12.7. The van der Waals surface area contributed by atoms with Crippen LogP contribution in [0.3, 0.4) is 0 Å². The molecule has 0 atom stereocenters. The van der Waals surface area contributed by atoms with E-state index in [1.165, 1.54) is 0 Å². The highest BCUT2D eigenvalue weighted by molar-refractivity contribution is 5.87. The fourth-order valence-electron chi connectivity index (χ4n) is 3.39. The monoisotopic (exact) mass is 290 g/mol. The molecule has 2 aliphatic rings. The van der Waals surface area contributed by atoms with Crippen molar-refractivity contribution in [1.29, 1.82) is 0 Å². The summed E-state index contributed by atoms with van der Waals surface area (Å²) in [6.45, 7) is 1.17. The van der Waals surface area contributed by atoms with Crippen molar-refractivity contribution in [3.05, 3.63) is 35.9 Å². The molecule has 4 nitrogen and oxygen atoms in total. The van der Waals surface area contributed by atoms with E-state index < -0.39 is 11.2 Å². The molecule has 0 unspecified atom stereocenters. The van der Waals surface area contributed by atoms with Crippen LogP contribution in [0.25, 0.3) is 0 Å². The van der Waals surface area contributed by atoms with Gasteiger partial charge in [0.1, 0.15) is 5.78 Å². The van der Waals surface area contributed by atoms with Crippen LogP contribution in [-0.4, -0.2) is 36.5 Å². The van der Waals surface area contributed by atoms with Crippen LogP contribution in [0, 0.1) is 5.41 Å². The largest absolute Gasteiger partial charge is 0.395 e. The van der Waals surface area contributed by atoms with Crippen molar-refractivity contribution in [1.82, 2.24) is 0 Å². The second-order valence-corrected chi connectivity index (χ2v) is 6.13. The number of rotatable bonds is 4. The molecule has 3 rings (SSSR count). The molecule has 1 aliphatic heterocycles. The number of ketones is 1. The molecule has 1 saturated heterocycles. The third kappa shape index (κ3) is 2.89. The van der Waals surface area contributed by atoms with Crippen molar-refractivity contribution in [2.45, 2.75) is 37.9 Å². The maximum atomic E-state index is 12.7. The molecular weight excluding hydrogens is 268 g/mol. The third-order valence-corrected chi connectivity index (χ3v) is 4.88. The van der Waals surface area contributed by atoms with Crippen molar-refractivity contribution in [2.24, 2.45) is 5.41 Å². The number of ether oxygens (including phenoxy) is 2. The van der Waals surface area contributed by atoms with Gasteiger partial charge in [0.15, 0.2) is 5.79 Å². The minimum absolute atomic E-state index is 0.0885. The zero-order valence-corrected chi connectivity index (χ0v) is 12.2. The fraction of sp³-hybridized carbons (Fsp3) is 0.588. The first-order valence-electron chi connectivity index (χ1n) is 7.64. The lowest BCUT2D eigenvalue weighted by molar-refractivity contribution is -0.195. The van der Waals surface area contributed by atoms with Crippen LogP contribution in [0.5, 0.6) is 0 Å². The SMILES string of the molecule is O=C(Cc1ccccc1)C1(CO)CCC2(CC1)OCCO2. The van der Waals surface area contributed by atoms with Crippen LogP contribution < -0.4 is 0 Å². The number of benzene rings is 1. The number of carbonyl (C=O) groups excluding carboxylic acids is 1. The van der Waals surface area contributed by atoms with Gasteiger partial charge in [-0.05, 0) is 18.4 Å². The summed E-state index contributed by atoms with van der Waals surface area (Å²) < 4.78 is 11.4. The molecule has 1 saturated carbocycles. The molecule has 114 valence electrons. The van der Waals surface area contributed by atoms with Gasteiger partial charge in [-0.1, -0.05) is 30.3 Å². The molecule has 0 aromatic heterocycles. The average molecular weight is 290 g/mol. The van der Waals surface area contributed by atoms with E-state index in [2.05, 4.69) is 0 Å². The van der Waals surface area contributed by atoms with Crippen LogP contribution in [0.15, 0.2) is 30.3 Å². The summed E-state index contributed by atoms with van der Waals surface area (Å²) in [6.07, 6.45) is 3.03. The number of hydrogen-bond acceptors (Lipinski definition) is 4. The van der Waals surface area contributed by atoms with E-state index in [9.17, 15) is 9.90 Å². The smallest absolute Gasteiger partial charge is 0.168 e. The van der Waals surface area contributed by atoms with Crippen LogP contribution in [-0.2, 0) is 20.7 Å². The minimum atomic E-state index is -0.629. The number of Topliss-reactive ketones (excluding diaryl/α,β-unsaturated/α-hetero) is 1. The van der Waals surface area contributed by atoms with Gasteiger partial charge in [0, 0.05) is 19.3 Å². The second kappa shape index (κ2) is 5.87. The van der Waals surface area contributed by atoms with Crippen LogP contribution in [0.2, 0.25) is 0 Å². The number of aliphatic hydroxyl groups excluding tert-OH is 1. The second-order valence-electron chi connectivity index (χ2n) is 6.13. The van der Waals surface area contributed by atoms with Gasteiger partial charge in [0.25, 0.3) is 0 Å². The van der Waals surface area contributed by atoms with Gasteiger partial charge in [0.2, 0.25) is 0 Å². The van der Waals surface area contributed by atoms with E-state index in [1.807, 2.05) is 30.3 Å². The predicted molar refractivity (Wildman–Crippen MR) is 77.8 cm³/mol. The number of aliphatic hydroxyl groups is 1. The first kappa shape index (κ1) is 14.7. The third-order valence-electron chi connectivity index (χ3n) is 4.88. The Morgan fingerprint density at radius 3 is 2.24 bits per heavy atom. The van der Waals surface area contributed by atoms with Gasteiger partial charge in [-0.15, -0.1) is 0 Å². The van der Waals surface area contributed by atoms with Crippen molar-refractivity contribution in [3.8, 4) is 0 Å². The highest BCUT2D eigenvalue weighted by Crippen LogP contribution is 2.45. The molecule has 1 aliphatic carbocycles. The molecule has 21 heavy (non-hydrogen) atoms. The van der Waals surface area contributed by atoms with E-state index >= 15 is 0 Å². The maximum Gasteiger partial charge on any atom is 0.168 e. The fourth-order valence-corrected chi connectivity index (χ4v) is 3.39. The Morgan fingerprint density at radius 2 is 1.67 bits per heavy atom. The van der Waals surface area contributed by atoms with E-state index in [0.29, 0.717) is 45.3 Å². The van der Waals surface area contributed by atoms with Crippen LogP contribution >= 0.6 is 0 Å². The number of hydrogen-bond donors (Lipinski definition) is 1. The number of carbonyl (C=O) groups is 1. The lowest BCUT2D eigenvalue weighted by Crippen LogP contribution is -2.46. The predicted octanol–water partition coefficient (Wildman–Crippen LogP) is 2.09. The highest BCUT2D eigenvalue weighted by atomic mass is 16.7. The normalized spacial score (nSPS) is 23.3. The molecule has 0 bridgehead atoms. The Hall–Kier alpha value is -1.23. The topological polar surface area (TPSA) is 55.8 Å². The molecule has 1 heterocycles. The average Bonchev–Trinajstić information content (AvgIpc) is 2.98. The molecular formula is C17H22O4. The Bertz CT molecular complexity index is 481. The standard InChI is InChI=1S/C17H22O4/c18-13-16(15(19)12-14-4-2-1-3-5-14)6-8-17(9-7-16)20-10-11-21-17/h1-5,18H,6-13H2. The summed E-state index contributed by atoms with van der Waals surface area (Å²) in [4.78, 5) is 12.7.